The van der Waals surface area contributed by atoms with Crippen molar-refractivity contribution in [3.63, 3.8) is 0 Å². The fraction of sp³-hybridized carbons (Fsp3) is 0.357. The molecule has 0 aliphatic carbocycles. The number of aromatic nitrogens is 2. The Bertz CT molecular complexity index is 703. The highest BCUT2D eigenvalue weighted by Crippen LogP contribution is 2.39. The summed E-state index contributed by atoms with van der Waals surface area (Å²) in [5.41, 5.74) is 0.393. The summed E-state index contributed by atoms with van der Waals surface area (Å²) in [5.74, 6) is 0.348. The van der Waals surface area contributed by atoms with Gasteiger partial charge in [-0.2, -0.15) is 0 Å². The Kier molecular flexibility index (Phi) is 5.79. The van der Waals surface area contributed by atoms with E-state index in [1.165, 1.54) is 14.2 Å². The molecule has 0 radical (unpaired) electrons. The molecule has 1 amide bonds. The number of hydrogen-bond acceptors (Lipinski definition) is 8. The standard InChI is InChI=1S/C14H18N4O6/c1-4-15-8-16-14(19)23-13-11(17-24-18(13)20)9-6-5-7-10(21-2)12(9)22-3/h5-7,15H,4,8H2,1-3H3,(H,16,19). The number of para-hydroxylation sites is 1. The lowest BCUT2D eigenvalue weighted by molar-refractivity contribution is -0.804. The second-order valence-electron chi connectivity index (χ2n) is 4.47. The lowest BCUT2D eigenvalue weighted by atomic mass is 10.1. The van der Waals surface area contributed by atoms with Crippen molar-refractivity contribution in [1.82, 2.24) is 15.8 Å². The minimum atomic E-state index is -0.827. The number of benzene rings is 1. The molecular weight excluding hydrogens is 320 g/mol. The molecule has 130 valence electrons. The molecule has 1 heterocycles. The number of ether oxygens (including phenoxy) is 3. The van der Waals surface area contributed by atoms with Gasteiger partial charge in [0.15, 0.2) is 11.5 Å². The third-order valence-electron chi connectivity index (χ3n) is 3.03. The van der Waals surface area contributed by atoms with Crippen LogP contribution in [-0.4, -0.2) is 38.7 Å². The number of nitrogens with one attached hydrogen (secondary N) is 2. The summed E-state index contributed by atoms with van der Waals surface area (Å²) in [5, 5.41) is 20.7. The van der Waals surface area contributed by atoms with Gasteiger partial charge in [0.05, 0.1) is 31.6 Å². The molecule has 0 unspecified atom stereocenters. The summed E-state index contributed by atoms with van der Waals surface area (Å²) in [6.45, 7) is 2.74. The van der Waals surface area contributed by atoms with Crippen molar-refractivity contribution in [1.29, 1.82) is 0 Å². The van der Waals surface area contributed by atoms with E-state index >= 15 is 0 Å². The molecule has 24 heavy (non-hydrogen) atoms. The number of nitrogens with zero attached hydrogens (tertiary/aromatic N) is 2. The normalized spacial score (nSPS) is 10.3. The van der Waals surface area contributed by atoms with Gasteiger partial charge in [0, 0.05) is 0 Å². The molecule has 0 fully saturated rings. The first-order chi connectivity index (χ1) is 11.6. The maximum Gasteiger partial charge on any atom is 0.416 e. The van der Waals surface area contributed by atoms with Gasteiger partial charge in [-0.25, -0.2) is 4.79 Å². The molecule has 0 aliphatic rings. The third kappa shape index (κ3) is 3.66. The van der Waals surface area contributed by atoms with Crippen LogP contribution in [0.25, 0.3) is 11.3 Å². The number of amides is 1. The highest BCUT2D eigenvalue weighted by atomic mass is 16.8. The first kappa shape index (κ1) is 17.3. The van der Waals surface area contributed by atoms with Crippen LogP contribution in [0.1, 0.15) is 6.92 Å². The molecule has 0 atom stereocenters. The second-order valence-corrected chi connectivity index (χ2v) is 4.47. The van der Waals surface area contributed by atoms with Gasteiger partial charge in [0.2, 0.25) is 0 Å². The van der Waals surface area contributed by atoms with Crippen molar-refractivity contribution >= 4 is 6.09 Å². The van der Waals surface area contributed by atoms with Crippen LogP contribution in [0.3, 0.4) is 0 Å². The van der Waals surface area contributed by atoms with Crippen LogP contribution in [0.2, 0.25) is 0 Å². The smallest absolute Gasteiger partial charge is 0.416 e. The minimum absolute atomic E-state index is 0.00107. The Labute approximate surface area is 137 Å². The summed E-state index contributed by atoms with van der Waals surface area (Å²) in [6, 6.07) is 4.98. The molecule has 1 aromatic carbocycles. The summed E-state index contributed by atoms with van der Waals surface area (Å²) in [6.07, 6.45) is -0.827. The van der Waals surface area contributed by atoms with Crippen LogP contribution < -0.4 is 29.7 Å². The van der Waals surface area contributed by atoms with E-state index in [0.29, 0.717) is 23.6 Å². The molecule has 2 aromatic rings. The Morgan fingerprint density at radius 3 is 2.83 bits per heavy atom. The van der Waals surface area contributed by atoms with Gasteiger partial charge in [0.25, 0.3) is 5.69 Å². The molecule has 0 aliphatic heterocycles. The zero-order chi connectivity index (χ0) is 17.5. The summed E-state index contributed by atoms with van der Waals surface area (Å²) >= 11 is 0. The molecule has 10 nitrogen and oxygen atoms in total. The fourth-order valence-electron chi connectivity index (χ4n) is 1.95. The predicted octanol–water partition coefficient (Wildman–Crippen LogP) is 0.648. The van der Waals surface area contributed by atoms with E-state index in [4.69, 9.17) is 14.2 Å². The molecule has 2 N–H and O–H groups in total. The van der Waals surface area contributed by atoms with Gasteiger partial charge >= 0.3 is 12.0 Å². The van der Waals surface area contributed by atoms with E-state index in [-0.39, 0.29) is 17.3 Å². The Morgan fingerprint density at radius 2 is 2.17 bits per heavy atom. The van der Waals surface area contributed by atoms with Crippen LogP contribution in [0.5, 0.6) is 17.4 Å². The fourth-order valence-corrected chi connectivity index (χ4v) is 1.95. The van der Waals surface area contributed by atoms with Gasteiger partial charge in [0.1, 0.15) is 0 Å². The van der Waals surface area contributed by atoms with Crippen molar-refractivity contribution in [2.45, 2.75) is 6.92 Å². The third-order valence-corrected chi connectivity index (χ3v) is 3.03. The van der Waals surface area contributed by atoms with E-state index in [9.17, 15) is 10.0 Å². The molecule has 0 bridgehead atoms. The van der Waals surface area contributed by atoms with Crippen molar-refractivity contribution in [2.75, 3.05) is 27.4 Å². The SMILES string of the molecule is CCNCNC(=O)Oc1c(-c2cccc(OC)c2OC)no[n+]1[O-]. The average Bonchev–Trinajstić information content (AvgIpc) is 2.94. The molecule has 0 spiro atoms. The summed E-state index contributed by atoms with van der Waals surface area (Å²) in [4.78, 5) is 11.7. The Hall–Kier alpha value is -3.01. The first-order valence-electron chi connectivity index (χ1n) is 7.09. The quantitative estimate of drug-likeness (QED) is 0.429. The summed E-state index contributed by atoms with van der Waals surface area (Å²) in [7, 11) is 2.92. The number of hydrogen-bond donors (Lipinski definition) is 2. The first-order valence-corrected chi connectivity index (χ1v) is 7.09. The highest BCUT2D eigenvalue weighted by molar-refractivity contribution is 5.76. The van der Waals surface area contributed by atoms with Crippen LogP contribution in [0.4, 0.5) is 4.79 Å². The van der Waals surface area contributed by atoms with E-state index in [1.54, 1.807) is 18.2 Å². The van der Waals surface area contributed by atoms with Gasteiger partial charge < -0.3 is 30.1 Å². The van der Waals surface area contributed by atoms with E-state index in [0.717, 1.165) is 0 Å². The molecule has 10 heteroatoms. The lowest BCUT2D eigenvalue weighted by Gasteiger charge is -2.10. The predicted molar refractivity (Wildman–Crippen MR) is 81.7 cm³/mol. The zero-order valence-electron chi connectivity index (χ0n) is 13.5. The van der Waals surface area contributed by atoms with E-state index in [1.807, 2.05) is 6.92 Å². The van der Waals surface area contributed by atoms with Gasteiger partial charge in [-0.3, -0.25) is 4.63 Å². The maximum atomic E-state index is 11.7. The van der Waals surface area contributed by atoms with E-state index < -0.39 is 12.0 Å². The highest BCUT2D eigenvalue weighted by Gasteiger charge is 2.29. The zero-order valence-corrected chi connectivity index (χ0v) is 13.5. The van der Waals surface area contributed by atoms with Crippen LogP contribution >= 0.6 is 0 Å². The maximum absolute atomic E-state index is 11.7. The molecule has 0 saturated heterocycles. The molecule has 0 saturated carbocycles. The number of rotatable bonds is 7. The largest absolute Gasteiger partial charge is 0.493 e. The van der Waals surface area contributed by atoms with Crippen LogP contribution in [0.15, 0.2) is 22.8 Å². The van der Waals surface area contributed by atoms with Crippen molar-refractivity contribution in [3.05, 3.63) is 23.4 Å². The van der Waals surface area contributed by atoms with Crippen LogP contribution in [0, 0.1) is 5.21 Å². The van der Waals surface area contributed by atoms with Crippen molar-refractivity contribution in [3.8, 4) is 28.6 Å². The number of carbonyl (C=O) groups excluding carboxylic acids is 1. The molecule has 2 rings (SSSR count). The van der Waals surface area contributed by atoms with Crippen molar-refractivity contribution in [2.24, 2.45) is 0 Å². The monoisotopic (exact) mass is 338 g/mol. The number of methoxy groups -OCH3 is 2. The van der Waals surface area contributed by atoms with Crippen LogP contribution in [-0.2, 0) is 0 Å². The Morgan fingerprint density at radius 1 is 1.38 bits per heavy atom. The average molecular weight is 338 g/mol. The molecule has 1 aromatic heterocycles. The van der Waals surface area contributed by atoms with Gasteiger partial charge in [-0.15, -0.1) is 0 Å². The number of carbonyl (C=O) groups is 1. The Balaban J connectivity index is 2.32. The lowest BCUT2D eigenvalue weighted by Crippen LogP contribution is -2.38. The minimum Gasteiger partial charge on any atom is -0.493 e. The van der Waals surface area contributed by atoms with Gasteiger partial charge in [-0.1, -0.05) is 13.0 Å². The van der Waals surface area contributed by atoms with Gasteiger partial charge in [-0.05, 0) is 23.6 Å². The van der Waals surface area contributed by atoms with E-state index in [2.05, 4.69) is 20.4 Å². The summed E-state index contributed by atoms with van der Waals surface area (Å²) < 4.78 is 20.0. The van der Waals surface area contributed by atoms with Crippen molar-refractivity contribution < 1.29 is 28.5 Å². The second kappa shape index (κ2) is 8.02. The molecular formula is C14H18N4O6. The topological polar surface area (TPSA) is 122 Å².